The molecule has 0 aliphatic carbocycles. The third-order valence-corrected chi connectivity index (χ3v) is 3.02. The first-order chi connectivity index (χ1) is 6.54. The summed E-state index contributed by atoms with van der Waals surface area (Å²) in [6.07, 6.45) is 0.251. The van der Waals surface area contributed by atoms with E-state index in [1.165, 1.54) is 7.11 Å². The zero-order chi connectivity index (χ0) is 10.7. The number of carbonyl (C=O) groups excluding carboxylic acids is 1. The number of ether oxygens (including phenoxy) is 1. The molecule has 0 heterocycles. The van der Waals surface area contributed by atoms with Crippen LogP contribution < -0.4 is 0 Å². The van der Waals surface area contributed by atoms with Crippen molar-refractivity contribution in [3.8, 4) is 0 Å². The van der Waals surface area contributed by atoms with E-state index in [1.54, 1.807) is 12.1 Å². The summed E-state index contributed by atoms with van der Waals surface area (Å²) in [6.45, 7) is 1.93. The monoisotopic (exact) mass is 276 g/mol. The molecule has 1 rings (SSSR count). The van der Waals surface area contributed by atoms with Crippen LogP contribution in [0.15, 0.2) is 16.6 Å². The highest BCUT2D eigenvalue weighted by Gasteiger charge is 2.09. The Morgan fingerprint density at radius 3 is 2.79 bits per heavy atom. The number of methoxy groups -OCH3 is 1. The second kappa shape index (κ2) is 4.80. The van der Waals surface area contributed by atoms with Crippen molar-refractivity contribution < 1.29 is 9.53 Å². The van der Waals surface area contributed by atoms with Crippen molar-refractivity contribution in [2.45, 2.75) is 13.3 Å². The van der Waals surface area contributed by atoms with E-state index in [9.17, 15) is 4.79 Å². The molecular weight excluding hydrogens is 267 g/mol. The summed E-state index contributed by atoms with van der Waals surface area (Å²) < 4.78 is 5.50. The largest absolute Gasteiger partial charge is 0.469 e. The second-order valence-electron chi connectivity index (χ2n) is 2.92. The highest BCUT2D eigenvalue weighted by atomic mass is 79.9. The van der Waals surface area contributed by atoms with Crippen LogP contribution in [-0.2, 0) is 16.0 Å². The predicted octanol–water partition coefficient (Wildman–Crippen LogP) is 3.13. The molecular formula is C10H10BrClO2. The van der Waals surface area contributed by atoms with Crippen molar-refractivity contribution in [1.29, 1.82) is 0 Å². The fraction of sp³-hybridized carbons (Fsp3) is 0.300. The smallest absolute Gasteiger partial charge is 0.309 e. The number of hydrogen-bond donors (Lipinski definition) is 0. The second-order valence-corrected chi connectivity index (χ2v) is 4.22. The number of benzene rings is 1. The topological polar surface area (TPSA) is 26.3 Å². The van der Waals surface area contributed by atoms with Gasteiger partial charge in [0.2, 0.25) is 0 Å². The Morgan fingerprint density at radius 1 is 1.57 bits per heavy atom. The van der Waals surface area contributed by atoms with Crippen molar-refractivity contribution in [2.24, 2.45) is 0 Å². The molecule has 1 aromatic carbocycles. The van der Waals surface area contributed by atoms with E-state index in [0.717, 1.165) is 15.6 Å². The van der Waals surface area contributed by atoms with Crippen molar-refractivity contribution >= 4 is 33.5 Å². The maximum atomic E-state index is 11.1. The minimum absolute atomic E-state index is 0.251. The molecule has 0 bridgehead atoms. The lowest BCUT2D eigenvalue weighted by Crippen LogP contribution is -2.06. The molecule has 14 heavy (non-hydrogen) atoms. The van der Waals surface area contributed by atoms with E-state index in [2.05, 4.69) is 20.7 Å². The van der Waals surface area contributed by atoms with Crippen LogP contribution in [0.4, 0.5) is 0 Å². The van der Waals surface area contributed by atoms with Crippen LogP contribution in [0.5, 0.6) is 0 Å². The highest BCUT2D eigenvalue weighted by Crippen LogP contribution is 2.25. The summed E-state index contributed by atoms with van der Waals surface area (Å²) in [5, 5.41) is 0.612. The first kappa shape index (κ1) is 11.5. The molecule has 0 atom stereocenters. The number of rotatable bonds is 2. The maximum Gasteiger partial charge on any atom is 0.309 e. The van der Waals surface area contributed by atoms with Gasteiger partial charge in [0.15, 0.2) is 0 Å². The summed E-state index contributed by atoms with van der Waals surface area (Å²) in [4.78, 5) is 11.1. The molecule has 4 heteroatoms. The third kappa shape index (κ3) is 2.72. The van der Waals surface area contributed by atoms with Crippen molar-refractivity contribution in [3.63, 3.8) is 0 Å². The van der Waals surface area contributed by atoms with Gasteiger partial charge >= 0.3 is 5.97 Å². The Labute approximate surface area is 96.3 Å². The fourth-order valence-corrected chi connectivity index (χ4v) is 1.98. The molecule has 0 unspecified atom stereocenters. The Hall–Kier alpha value is -0.540. The summed E-state index contributed by atoms with van der Waals surface area (Å²) in [7, 11) is 1.37. The first-order valence-electron chi connectivity index (χ1n) is 4.06. The molecule has 0 saturated heterocycles. The van der Waals surface area contributed by atoms with E-state index < -0.39 is 0 Å². The number of halogens is 2. The molecule has 0 N–H and O–H groups in total. The summed E-state index contributed by atoms with van der Waals surface area (Å²) >= 11 is 9.24. The normalized spacial score (nSPS) is 10.0. The number of hydrogen-bond acceptors (Lipinski definition) is 2. The first-order valence-corrected chi connectivity index (χ1v) is 5.23. The number of carbonyl (C=O) groups is 1. The Balaban J connectivity index is 3.02. The molecule has 0 aliphatic rings. The lowest BCUT2D eigenvalue weighted by molar-refractivity contribution is -0.139. The van der Waals surface area contributed by atoms with Crippen LogP contribution in [0.2, 0.25) is 5.02 Å². The van der Waals surface area contributed by atoms with Gasteiger partial charge in [0.25, 0.3) is 0 Å². The molecule has 0 fully saturated rings. The van der Waals surface area contributed by atoms with Crippen molar-refractivity contribution in [2.75, 3.05) is 7.11 Å². The van der Waals surface area contributed by atoms with Crippen molar-refractivity contribution in [3.05, 3.63) is 32.8 Å². The van der Waals surface area contributed by atoms with E-state index in [-0.39, 0.29) is 12.4 Å². The zero-order valence-corrected chi connectivity index (χ0v) is 10.3. The summed E-state index contributed by atoms with van der Waals surface area (Å²) in [5.74, 6) is -0.262. The standard InChI is InChI=1S/C10H10BrClO2/c1-6-7(4-10(13)14-2)3-8(12)5-9(6)11/h3,5H,4H2,1-2H3. The molecule has 1 aromatic rings. The Kier molecular flexibility index (Phi) is 3.96. The fourth-order valence-electron chi connectivity index (χ4n) is 1.11. The van der Waals surface area contributed by atoms with Crippen molar-refractivity contribution in [1.82, 2.24) is 0 Å². The van der Waals surface area contributed by atoms with Crippen LogP contribution in [0.1, 0.15) is 11.1 Å². The highest BCUT2D eigenvalue weighted by molar-refractivity contribution is 9.10. The maximum absolute atomic E-state index is 11.1. The van der Waals surface area contributed by atoms with Gasteiger partial charge in [-0.1, -0.05) is 27.5 Å². The minimum Gasteiger partial charge on any atom is -0.469 e. The SMILES string of the molecule is COC(=O)Cc1cc(Cl)cc(Br)c1C. The molecule has 76 valence electrons. The lowest BCUT2D eigenvalue weighted by Gasteiger charge is -2.07. The van der Waals surface area contributed by atoms with E-state index >= 15 is 0 Å². The minimum atomic E-state index is -0.262. The number of esters is 1. The molecule has 0 aromatic heterocycles. The van der Waals surface area contributed by atoms with Gasteiger partial charge < -0.3 is 4.74 Å². The zero-order valence-electron chi connectivity index (χ0n) is 7.93. The van der Waals surface area contributed by atoms with E-state index in [4.69, 9.17) is 11.6 Å². The molecule has 0 spiro atoms. The quantitative estimate of drug-likeness (QED) is 0.776. The van der Waals surface area contributed by atoms with Gasteiger partial charge in [-0.3, -0.25) is 4.79 Å². The van der Waals surface area contributed by atoms with Gasteiger partial charge in [-0.25, -0.2) is 0 Å². The third-order valence-electron chi connectivity index (χ3n) is 1.98. The van der Waals surface area contributed by atoms with Crippen LogP contribution >= 0.6 is 27.5 Å². The average Bonchev–Trinajstić information content (AvgIpc) is 2.13. The van der Waals surface area contributed by atoms with Gasteiger partial charge in [0, 0.05) is 9.50 Å². The summed E-state index contributed by atoms with van der Waals surface area (Å²) in [5.41, 5.74) is 1.90. The molecule has 0 saturated carbocycles. The Morgan fingerprint density at radius 2 is 2.21 bits per heavy atom. The molecule has 0 amide bonds. The Bertz CT molecular complexity index is 363. The summed E-state index contributed by atoms with van der Waals surface area (Å²) in [6, 6.07) is 3.58. The van der Waals surface area contributed by atoms with Crippen LogP contribution in [0.25, 0.3) is 0 Å². The molecule has 0 aliphatic heterocycles. The predicted molar refractivity (Wildman–Crippen MR) is 59.6 cm³/mol. The van der Waals surface area contributed by atoms with Gasteiger partial charge in [-0.15, -0.1) is 0 Å². The van der Waals surface area contributed by atoms with Crippen LogP contribution in [-0.4, -0.2) is 13.1 Å². The molecule has 0 radical (unpaired) electrons. The van der Waals surface area contributed by atoms with Gasteiger partial charge in [-0.2, -0.15) is 0 Å². The average molecular weight is 278 g/mol. The van der Waals surface area contributed by atoms with Crippen LogP contribution in [0.3, 0.4) is 0 Å². The van der Waals surface area contributed by atoms with Gasteiger partial charge in [-0.05, 0) is 30.2 Å². The van der Waals surface area contributed by atoms with Crippen LogP contribution in [0, 0.1) is 6.92 Å². The van der Waals surface area contributed by atoms with E-state index in [1.807, 2.05) is 6.92 Å². The van der Waals surface area contributed by atoms with Gasteiger partial charge in [0.05, 0.1) is 13.5 Å². The van der Waals surface area contributed by atoms with E-state index in [0.29, 0.717) is 5.02 Å². The lowest BCUT2D eigenvalue weighted by atomic mass is 10.1. The van der Waals surface area contributed by atoms with Gasteiger partial charge in [0.1, 0.15) is 0 Å². The molecule has 2 nitrogen and oxygen atoms in total.